The highest BCUT2D eigenvalue weighted by Crippen LogP contribution is 2.50. The van der Waals surface area contributed by atoms with Crippen molar-refractivity contribution in [2.75, 3.05) is 0 Å². The van der Waals surface area contributed by atoms with Crippen LogP contribution in [0.2, 0.25) is 0 Å². The Bertz CT molecular complexity index is 2650. The highest BCUT2D eigenvalue weighted by atomic mass is 32.1. The van der Waals surface area contributed by atoms with Crippen LogP contribution in [-0.4, -0.2) is 0 Å². The van der Waals surface area contributed by atoms with Gasteiger partial charge in [-0.3, -0.25) is 9.59 Å². The van der Waals surface area contributed by atoms with Crippen LogP contribution in [0.3, 0.4) is 0 Å². The number of unbranched alkanes of at least 4 members (excludes halogenated alkanes) is 20. The van der Waals surface area contributed by atoms with Crippen LogP contribution in [0.25, 0.3) is 61.2 Å². The minimum atomic E-state index is 0.174. The zero-order valence-electron chi connectivity index (χ0n) is 40.6. The number of hydrogen-bond acceptors (Lipinski definition) is 6. The quantitative estimate of drug-likeness (QED) is 0.0421. The van der Waals surface area contributed by atoms with Gasteiger partial charge in [-0.25, -0.2) is 0 Å². The molecule has 7 rings (SSSR count). The van der Waals surface area contributed by atoms with Gasteiger partial charge in [-0.2, -0.15) is 0 Å². The molecule has 0 spiro atoms. The van der Waals surface area contributed by atoms with Gasteiger partial charge in [0.2, 0.25) is 0 Å². The number of rotatable bonds is 30. The Hall–Kier alpha value is -2.64. The van der Waals surface area contributed by atoms with E-state index in [0.717, 1.165) is 80.2 Å². The Morgan fingerprint density at radius 3 is 1.30 bits per heavy atom. The van der Waals surface area contributed by atoms with Gasteiger partial charge in [-0.05, 0) is 112 Å². The number of thiophene rings is 4. The Morgan fingerprint density at radius 2 is 0.781 bits per heavy atom. The molecule has 4 aromatic heterocycles. The summed E-state index contributed by atoms with van der Waals surface area (Å²) in [6.45, 7) is 13.6. The molecule has 0 aliphatic rings. The Morgan fingerprint density at radius 1 is 0.375 bits per heavy atom. The van der Waals surface area contributed by atoms with Gasteiger partial charge in [0.15, 0.2) is 10.9 Å². The van der Waals surface area contributed by atoms with Crippen molar-refractivity contribution in [1.82, 2.24) is 0 Å². The van der Waals surface area contributed by atoms with Crippen LogP contribution in [0.1, 0.15) is 214 Å². The van der Waals surface area contributed by atoms with Gasteiger partial charge in [0.05, 0.1) is 0 Å². The molecule has 0 aliphatic carbocycles. The van der Waals surface area contributed by atoms with Gasteiger partial charge >= 0.3 is 0 Å². The molecule has 2 nitrogen and oxygen atoms in total. The lowest BCUT2D eigenvalue weighted by Gasteiger charge is -2.06. The molecule has 7 aromatic rings. The van der Waals surface area contributed by atoms with E-state index in [0.29, 0.717) is 0 Å². The van der Waals surface area contributed by atoms with Crippen LogP contribution in [0.15, 0.2) is 33.9 Å². The van der Waals surface area contributed by atoms with Crippen LogP contribution >= 0.6 is 45.3 Å². The molecule has 0 unspecified atom stereocenters. The van der Waals surface area contributed by atoms with E-state index >= 15 is 0 Å². The molecule has 0 saturated heterocycles. The molecule has 6 heteroatoms. The van der Waals surface area contributed by atoms with Crippen molar-refractivity contribution in [3.05, 3.63) is 76.7 Å². The van der Waals surface area contributed by atoms with Crippen molar-refractivity contribution in [1.29, 1.82) is 0 Å². The lowest BCUT2D eigenvalue weighted by molar-refractivity contribution is 0.607. The molecule has 64 heavy (non-hydrogen) atoms. The Balaban J connectivity index is 1.29. The highest BCUT2D eigenvalue weighted by molar-refractivity contribution is 7.29. The molecule has 0 N–H and O–H groups in total. The van der Waals surface area contributed by atoms with E-state index in [4.69, 9.17) is 0 Å². The van der Waals surface area contributed by atoms with E-state index in [-0.39, 0.29) is 10.9 Å². The zero-order chi connectivity index (χ0) is 45.0. The summed E-state index contributed by atoms with van der Waals surface area (Å²) < 4.78 is 2.20. The molecule has 0 radical (unpaired) electrons. The highest BCUT2D eigenvalue weighted by Gasteiger charge is 2.27. The average Bonchev–Trinajstić information content (AvgIpc) is 4.13. The smallest absolute Gasteiger partial charge is 0.195 e. The van der Waals surface area contributed by atoms with E-state index < -0.39 is 0 Å². The summed E-state index contributed by atoms with van der Waals surface area (Å²) in [6, 6.07) is 9.28. The van der Waals surface area contributed by atoms with Crippen molar-refractivity contribution in [3.8, 4) is 19.5 Å². The van der Waals surface area contributed by atoms with E-state index in [1.54, 1.807) is 11.3 Å². The maximum atomic E-state index is 14.9. The van der Waals surface area contributed by atoms with Gasteiger partial charge in [-0.1, -0.05) is 156 Å². The number of fused-ring (bicyclic) bond motifs is 6. The number of hydrogen-bond donors (Lipinski definition) is 0. The molecular weight excluding hydrogens is 857 g/mol. The first kappa shape index (κ1) is 49.3. The molecule has 0 fully saturated rings. The summed E-state index contributed by atoms with van der Waals surface area (Å²) in [7, 11) is 0. The first-order valence-corrected chi connectivity index (χ1v) is 29.4. The van der Waals surface area contributed by atoms with Gasteiger partial charge in [0.1, 0.15) is 0 Å². The first-order chi connectivity index (χ1) is 31.3. The minimum Gasteiger partial charge on any atom is -0.289 e. The largest absolute Gasteiger partial charge is 0.289 e. The van der Waals surface area contributed by atoms with Gasteiger partial charge < -0.3 is 0 Å². The van der Waals surface area contributed by atoms with E-state index in [2.05, 4.69) is 65.8 Å². The summed E-state index contributed by atoms with van der Waals surface area (Å²) in [5.41, 5.74) is 5.92. The fourth-order valence-corrected chi connectivity index (χ4v) is 15.7. The van der Waals surface area contributed by atoms with Crippen molar-refractivity contribution in [2.45, 2.75) is 221 Å². The first-order valence-electron chi connectivity index (χ1n) is 26.1. The third kappa shape index (κ3) is 11.4. The van der Waals surface area contributed by atoms with Crippen LogP contribution in [0, 0.1) is 13.8 Å². The fourth-order valence-electron chi connectivity index (χ4n) is 10.5. The maximum absolute atomic E-state index is 14.9. The molecule has 0 bridgehead atoms. The molecule has 0 atom stereocenters. The second-order valence-corrected chi connectivity index (χ2v) is 23.9. The van der Waals surface area contributed by atoms with Gasteiger partial charge in [0, 0.05) is 71.0 Å². The Labute approximate surface area is 402 Å². The van der Waals surface area contributed by atoms with E-state index in [9.17, 15) is 9.59 Å². The van der Waals surface area contributed by atoms with Crippen molar-refractivity contribution >= 4 is 87.1 Å². The number of aryl methyl sites for hydroxylation is 6. The van der Waals surface area contributed by atoms with Crippen LogP contribution in [-0.2, 0) is 25.7 Å². The van der Waals surface area contributed by atoms with E-state index in [1.165, 1.54) is 193 Å². The minimum absolute atomic E-state index is 0.174. The summed E-state index contributed by atoms with van der Waals surface area (Å²) in [5.74, 6) is 0. The topological polar surface area (TPSA) is 34.1 Å². The molecule has 0 aliphatic heterocycles. The second kappa shape index (κ2) is 24.4. The van der Waals surface area contributed by atoms with Crippen LogP contribution in [0.4, 0.5) is 0 Å². The summed E-state index contributed by atoms with van der Waals surface area (Å²) in [6.07, 6.45) is 34.8. The second-order valence-electron chi connectivity index (χ2n) is 19.3. The molecule has 0 amide bonds. The van der Waals surface area contributed by atoms with Crippen molar-refractivity contribution in [2.24, 2.45) is 0 Å². The van der Waals surface area contributed by atoms with Gasteiger partial charge in [0.25, 0.3) is 0 Å². The average molecular weight is 936 g/mol. The van der Waals surface area contributed by atoms with Gasteiger partial charge in [-0.15, -0.1) is 45.3 Å². The third-order valence-corrected chi connectivity index (χ3v) is 19.2. The molecular formula is C58H78O2S4. The van der Waals surface area contributed by atoms with Crippen LogP contribution in [0.5, 0.6) is 0 Å². The maximum Gasteiger partial charge on any atom is 0.195 e. The van der Waals surface area contributed by atoms with Crippen molar-refractivity contribution in [3.63, 3.8) is 0 Å². The third-order valence-electron chi connectivity index (χ3n) is 14.1. The normalized spacial score (nSPS) is 12.2. The van der Waals surface area contributed by atoms with Crippen LogP contribution < -0.4 is 10.9 Å². The molecule has 346 valence electrons. The van der Waals surface area contributed by atoms with E-state index in [1.807, 2.05) is 34.0 Å². The summed E-state index contributed by atoms with van der Waals surface area (Å²) in [5, 5.41) is 5.48. The standard InChI is InChI=1S/C58H78O2S4/c1-7-11-15-19-23-27-31-41-35-39(5)61-54(41)55-42(32-28-24-20-16-12-8-2)36-49(63-55)56-44(34-30-26-22-18-14-10-4)51-53(60)46-37-47-45(38-48(46)58(51)64-56)52(59)50-43(40(6)62-57(47)50)33-29-25-21-17-13-9-3/h35-38H,7-34H2,1-6H3. The predicted molar refractivity (Wildman–Crippen MR) is 292 cm³/mol. The number of benzene rings is 1. The molecule has 4 heterocycles. The summed E-state index contributed by atoms with van der Waals surface area (Å²) >= 11 is 7.62. The SMILES string of the molecule is CCCCCCCCc1cc(C)sc1-c1sc(-c2sc3c(c2CCCCCCCC)c(=O)c2cc4c(cc23)c(=O)c2c(CCCCCCCC)c(C)sc24)cc1CCCCCCCC. The lowest BCUT2D eigenvalue weighted by Crippen LogP contribution is -1.99. The fraction of sp³-hybridized carbons (Fsp3) is 0.586. The molecule has 3 aromatic carbocycles. The lowest BCUT2D eigenvalue weighted by atomic mass is 10.0. The Kier molecular flexibility index (Phi) is 18.8. The zero-order valence-corrected chi connectivity index (χ0v) is 43.8. The monoisotopic (exact) mass is 934 g/mol. The predicted octanol–water partition coefficient (Wildman–Crippen LogP) is 19.7. The molecule has 0 saturated carbocycles. The summed E-state index contributed by atoms with van der Waals surface area (Å²) in [4.78, 5) is 37.7. The van der Waals surface area contributed by atoms with Crippen molar-refractivity contribution < 1.29 is 0 Å².